The van der Waals surface area contributed by atoms with Gasteiger partial charge in [0.1, 0.15) is 0 Å². The monoisotopic (exact) mass is 363 g/mol. The Hall–Kier alpha value is -2.40. The van der Waals surface area contributed by atoms with Crippen LogP contribution < -0.4 is 14.8 Å². The van der Waals surface area contributed by atoms with E-state index in [0.717, 1.165) is 16.8 Å². The maximum atomic E-state index is 11.1. The molecule has 134 valence electrons. The maximum Gasteiger partial charge on any atom is 0.335 e. The van der Waals surface area contributed by atoms with Crippen molar-refractivity contribution in [3.8, 4) is 11.5 Å². The number of anilines is 1. The Morgan fingerprint density at radius 3 is 2.56 bits per heavy atom. The molecule has 2 rings (SSSR count). The Morgan fingerprint density at radius 1 is 1.24 bits per heavy atom. The molecule has 0 spiro atoms. The van der Waals surface area contributed by atoms with E-state index in [1.807, 2.05) is 26.8 Å². The van der Waals surface area contributed by atoms with Crippen molar-refractivity contribution in [1.82, 2.24) is 0 Å². The van der Waals surface area contributed by atoms with Gasteiger partial charge in [-0.25, -0.2) is 4.79 Å². The van der Waals surface area contributed by atoms with Crippen molar-refractivity contribution in [3.63, 3.8) is 0 Å². The molecule has 2 aromatic rings. The van der Waals surface area contributed by atoms with Gasteiger partial charge >= 0.3 is 5.97 Å². The van der Waals surface area contributed by atoms with Crippen LogP contribution in [0, 0.1) is 6.92 Å². The second kappa shape index (κ2) is 8.12. The molecule has 0 bridgehead atoms. The molecule has 2 aromatic carbocycles. The van der Waals surface area contributed by atoms with Gasteiger partial charge in [-0.15, -0.1) is 0 Å². The summed E-state index contributed by atoms with van der Waals surface area (Å²) >= 11 is 6.36. The van der Waals surface area contributed by atoms with Gasteiger partial charge in [0.15, 0.2) is 11.5 Å². The molecule has 0 unspecified atom stereocenters. The second-order valence-electron chi connectivity index (χ2n) is 5.95. The van der Waals surface area contributed by atoms with Crippen LogP contribution in [0.2, 0.25) is 5.02 Å². The van der Waals surface area contributed by atoms with E-state index in [1.165, 1.54) is 0 Å². The van der Waals surface area contributed by atoms with Crippen LogP contribution in [0.5, 0.6) is 11.5 Å². The Balaban J connectivity index is 2.23. The molecule has 0 fully saturated rings. The fourth-order valence-corrected chi connectivity index (χ4v) is 2.57. The summed E-state index contributed by atoms with van der Waals surface area (Å²) in [6, 6.07) is 8.52. The minimum atomic E-state index is -0.960. The van der Waals surface area contributed by atoms with Crippen molar-refractivity contribution >= 4 is 23.3 Å². The molecule has 0 amide bonds. The number of nitrogens with one attached hydrogen (secondary N) is 1. The fraction of sp³-hybridized carbons (Fsp3) is 0.316. The van der Waals surface area contributed by atoms with Crippen molar-refractivity contribution in [2.24, 2.45) is 0 Å². The Bertz CT molecular complexity index is 774. The second-order valence-corrected chi connectivity index (χ2v) is 6.36. The topological polar surface area (TPSA) is 67.8 Å². The van der Waals surface area contributed by atoms with E-state index in [4.69, 9.17) is 26.2 Å². The molecule has 0 aliphatic carbocycles. The number of carboxylic acid groups (broad SMARTS) is 1. The largest absolute Gasteiger partial charge is 0.493 e. The molecular weight excluding hydrogens is 342 g/mol. The SMILES string of the molecule is COc1cc(CNc2cc(C(=O)O)ccc2C)c(Cl)cc1OC(C)C. The number of carboxylic acids is 1. The van der Waals surface area contributed by atoms with Gasteiger partial charge in [-0.2, -0.15) is 0 Å². The lowest BCUT2D eigenvalue weighted by Crippen LogP contribution is -2.08. The molecule has 0 heterocycles. The average molecular weight is 364 g/mol. The summed E-state index contributed by atoms with van der Waals surface area (Å²) in [5.41, 5.74) is 2.76. The van der Waals surface area contributed by atoms with Gasteiger partial charge < -0.3 is 19.9 Å². The third-order valence-corrected chi connectivity index (χ3v) is 4.00. The minimum absolute atomic E-state index is 0.00958. The summed E-state index contributed by atoms with van der Waals surface area (Å²) in [5.74, 6) is 0.235. The number of aryl methyl sites for hydroxylation is 1. The zero-order valence-electron chi connectivity index (χ0n) is 14.7. The number of rotatable bonds is 7. The lowest BCUT2D eigenvalue weighted by Gasteiger charge is -2.17. The number of hydrogen-bond acceptors (Lipinski definition) is 4. The normalized spacial score (nSPS) is 10.6. The van der Waals surface area contributed by atoms with Crippen LogP contribution in [0.4, 0.5) is 5.69 Å². The Kier molecular flexibility index (Phi) is 6.15. The van der Waals surface area contributed by atoms with Crippen molar-refractivity contribution in [2.75, 3.05) is 12.4 Å². The van der Waals surface area contributed by atoms with E-state index in [9.17, 15) is 4.79 Å². The summed E-state index contributed by atoms with van der Waals surface area (Å²) in [6.45, 7) is 6.21. The van der Waals surface area contributed by atoms with Crippen LogP contribution >= 0.6 is 11.6 Å². The summed E-state index contributed by atoms with van der Waals surface area (Å²) in [6.07, 6.45) is 0.00958. The molecular formula is C19H22ClNO4. The van der Waals surface area contributed by atoms with Crippen molar-refractivity contribution in [2.45, 2.75) is 33.4 Å². The molecule has 0 radical (unpaired) electrons. The molecule has 2 N–H and O–H groups in total. The number of halogens is 1. The van der Waals surface area contributed by atoms with E-state index >= 15 is 0 Å². The zero-order chi connectivity index (χ0) is 18.6. The Labute approximate surface area is 152 Å². The van der Waals surface area contributed by atoms with Gasteiger partial charge in [-0.3, -0.25) is 0 Å². The third-order valence-electron chi connectivity index (χ3n) is 3.65. The summed E-state index contributed by atoms with van der Waals surface area (Å²) in [7, 11) is 1.58. The number of aromatic carboxylic acids is 1. The minimum Gasteiger partial charge on any atom is -0.493 e. The molecule has 0 saturated heterocycles. The van der Waals surface area contributed by atoms with E-state index in [2.05, 4.69) is 5.32 Å². The lowest BCUT2D eigenvalue weighted by molar-refractivity contribution is 0.0697. The first kappa shape index (κ1) is 18.9. The van der Waals surface area contributed by atoms with Crippen LogP contribution in [0.15, 0.2) is 30.3 Å². The van der Waals surface area contributed by atoms with Gasteiger partial charge in [-0.1, -0.05) is 17.7 Å². The van der Waals surface area contributed by atoms with Gasteiger partial charge in [0.05, 0.1) is 18.8 Å². The highest BCUT2D eigenvalue weighted by atomic mass is 35.5. The molecule has 0 atom stereocenters. The fourth-order valence-electron chi connectivity index (χ4n) is 2.35. The highest BCUT2D eigenvalue weighted by Gasteiger charge is 2.13. The van der Waals surface area contributed by atoms with E-state index in [-0.39, 0.29) is 11.7 Å². The van der Waals surface area contributed by atoms with Crippen LogP contribution in [0.3, 0.4) is 0 Å². The van der Waals surface area contributed by atoms with E-state index in [1.54, 1.807) is 31.4 Å². The highest BCUT2D eigenvalue weighted by Crippen LogP contribution is 2.34. The highest BCUT2D eigenvalue weighted by molar-refractivity contribution is 6.31. The number of carbonyl (C=O) groups is 1. The van der Waals surface area contributed by atoms with Crippen LogP contribution in [0.25, 0.3) is 0 Å². The molecule has 0 aliphatic heterocycles. The quantitative estimate of drug-likeness (QED) is 0.742. The van der Waals surface area contributed by atoms with Crippen molar-refractivity contribution in [3.05, 3.63) is 52.0 Å². The molecule has 0 saturated carbocycles. The predicted molar refractivity (Wildman–Crippen MR) is 99.2 cm³/mol. The number of benzene rings is 2. The smallest absolute Gasteiger partial charge is 0.335 e. The average Bonchev–Trinajstić information content (AvgIpc) is 2.54. The number of hydrogen-bond donors (Lipinski definition) is 2. The molecule has 6 heteroatoms. The van der Waals surface area contributed by atoms with Crippen LogP contribution in [0.1, 0.15) is 35.3 Å². The Morgan fingerprint density at radius 2 is 1.96 bits per heavy atom. The molecule has 0 aliphatic rings. The van der Waals surface area contributed by atoms with Crippen LogP contribution in [-0.4, -0.2) is 24.3 Å². The van der Waals surface area contributed by atoms with Gasteiger partial charge in [0.25, 0.3) is 0 Å². The number of ether oxygens (including phenoxy) is 2. The molecule has 25 heavy (non-hydrogen) atoms. The van der Waals surface area contributed by atoms with Crippen molar-refractivity contribution in [1.29, 1.82) is 0 Å². The summed E-state index contributed by atoms with van der Waals surface area (Å²) < 4.78 is 11.1. The summed E-state index contributed by atoms with van der Waals surface area (Å²) in [5, 5.41) is 12.9. The van der Waals surface area contributed by atoms with E-state index < -0.39 is 5.97 Å². The van der Waals surface area contributed by atoms with Gasteiger partial charge in [0.2, 0.25) is 0 Å². The third kappa shape index (κ3) is 4.79. The first-order chi connectivity index (χ1) is 11.8. The lowest BCUT2D eigenvalue weighted by atomic mass is 10.1. The van der Waals surface area contributed by atoms with Gasteiger partial charge in [0, 0.05) is 23.3 Å². The van der Waals surface area contributed by atoms with E-state index in [0.29, 0.717) is 23.1 Å². The maximum absolute atomic E-state index is 11.1. The first-order valence-corrected chi connectivity index (χ1v) is 8.30. The molecule has 0 aromatic heterocycles. The summed E-state index contributed by atoms with van der Waals surface area (Å²) in [4.78, 5) is 11.1. The van der Waals surface area contributed by atoms with Gasteiger partial charge in [-0.05, 0) is 50.1 Å². The zero-order valence-corrected chi connectivity index (χ0v) is 15.5. The number of methoxy groups -OCH3 is 1. The standard InChI is InChI=1S/C19H22ClNO4/c1-11(2)25-18-9-15(20)14(8-17(18)24-4)10-21-16-7-13(19(22)23)6-5-12(16)3/h5-9,11,21H,10H2,1-4H3,(H,22,23). The first-order valence-electron chi connectivity index (χ1n) is 7.92. The predicted octanol–water partition coefficient (Wildman–Crippen LogP) is 4.75. The van der Waals surface area contributed by atoms with Crippen molar-refractivity contribution < 1.29 is 19.4 Å². The van der Waals surface area contributed by atoms with Crippen LogP contribution in [-0.2, 0) is 6.54 Å². The molecule has 5 nitrogen and oxygen atoms in total.